The second-order valence-corrected chi connectivity index (χ2v) is 5.96. The van der Waals surface area contributed by atoms with Crippen molar-refractivity contribution in [3.05, 3.63) is 47.5 Å². The van der Waals surface area contributed by atoms with Crippen molar-refractivity contribution in [2.45, 2.75) is 0 Å². The molecule has 134 valence electrons. The van der Waals surface area contributed by atoms with E-state index in [-0.39, 0.29) is 19.2 Å². The molecule has 0 fully saturated rings. The fourth-order valence-corrected chi connectivity index (χ4v) is 2.40. The maximum absolute atomic E-state index is 6.01. The Morgan fingerprint density at radius 3 is 2.35 bits per heavy atom. The van der Waals surface area contributed by atoms with Crippen LogP contribution in [-0.4, -0.2) is 40.3 Å². The molecule has 0 amide bonds. The van der Waals surface area contributed by atoms with Gasteiger partial charge in [-0.15, -0.1) is 0 Å². The number of halogens is 1. The molecule has 0 aliphatic carbocycles. The normalized spacial score (nSPS) is 10.4. The van der Waals surface area contributed by atoms with Crippen LogP contribution < -0.4 is 19.9 Å². The van der Waals surface area contributed by atoms with Crippen LogP contribution in [0.5, 0.6) is 17.6 Å². The van der Waals surface area contributed by atoms with Crippen LogP contribution in [0.15, 0.2) is 47.5 Å². The summed E-state index contributed by atoms with van der Waals surface area (Å²) in [5, 5.41) is 0. The highest BCUT2D eigenvalue weighted by Crippen LogP contribution is 2.32. The van der Waals surface area contributed by atoms with E-state index in [0.29, 0.717) is 23.0 Å². The summed E-state index contributed by atoms with van der Waals surface area (Å²) < 4.78 is 17.1. The number of nitrogens with zero attached hydrogens (tertiary/aromatic N) is 4. The molecular weight excluding hydrogens is 402 g/mol. The first kappa shape index (κ1) is 17.9. The molecule has 2 aromatic heterocycles. The molecule has 3 rings (SSSR count). The molecule has 9 heteroatoms. The first-order valence-electron chi connectivity index (χ1n) is 7.65. The molecule has 0 radical (unpaired) electrons. The molecule has 0 saturated carbocycles. The zero-order chi connectivity index (χ0) is 18.4. The minimum Gasteiger partial charge on any atom is -0.494 e. The van der Waals surface area contributed by atoms with Crippen LogP contribution in [0.1, 0.15) is 0 Å². The van der Waals surface area contributed by atoms with Crippen molar-refractivity contribution >= 4 is 21.7 Å². The molecule has 1 aromatic carbocycles. The number of benzene rings is 1. The second kappa shape index (κ2) is 8.43. The summed E-state index contributed by atoms with van der Waals surface area (Å²) in [4.78, 5) is 16.3. The summed E-state index contributed by atoms with van der Waals surface area (Å²) in [6, 6.07) is 7.89. The van der Waals surface area contributed by atoms with Gasteiger partial charge in [-0.3, -0.25) is 0 Å². The third kappa shape index (κ3) is 4.37. The highest BCUT2D eigenvalue weighted by atomic mass is 79.9. The van der Waals surface area contributed by atoms with Crippen molar-refractivity contribution in [2.75, 3.05) is 26.1 Å². The van der Waals surface area contributed by atoms with Crippen LogP contribution in [0.3, 0.4) is 0 Å². The Balaban J connectivity index is 1.64. The molecular formula is C17H16BrN5O3. The lowest BCUT2D eigenvalue weighted by atomic mass is 10.1. The molecule has 0 aliphatic heterocycles. The molecule has 0 saturated heterocycles. The van der Waals surface area contributed by atoms with Gasteiger partial charge in [0, 0.05) is 4.47 Å². The molecule has 0 unspecified atom stereocenters. The van der Waals surface area contributed by atoms with Crippen LogP contribution in [0.25, 0.3) is 11.1 Å². The lowest BCUT2D eigenvalue weighted by Gasteiger charge is -2.12. The number of aromatic nitrogens is 4. The Morgan fingerprint density at radius 1 is 0.962 bits per heavy atom. The minimum absolute atomic E-state index is 0.240. The molecule has 0 atom stereocenters. The Hall–Kier alpha value is -2.94. The zero-order valence-electron chi connectivity index (χ0n) is 13.9. The standard InChI is InChI=1S/C17H16BrN5O3/c1-24-13-8-20-17(21-9-13)26-7-6-25-16-14(15(19)22-10-23-16)11-2-4-12(18)5-3-11/h2-5,8-10H,6-7H2,1H3,(H2,19,22,23). The van der Waals surface area contributed by atoms with E-state index >= 15 is 0 Å². The van der Waals surface area contributed by atoms with Crippen molar-refractivity contribution < 1.29 is 14.2 Å². The van der Waals surface area contributed by atoms with Gasteiger partial charge in [0.1, 0.15) is 25.4 Å². The second-order valence-electron chi connectivity index (χ2n) is 5.05. The molecule has 8 nitrogen and oxygen atoms in total. The number of ether oxygens (including phenoxy) is 3. The Morgan fingerprint density at radius 2 is 1.65 bits per heavy atom. The minimum atomic E-state index is 0.240. The summed E-state index contributed by atoms with van der Waals surface area (Å²) in [5.74, 6) is 1.29. The number of nitrogens with two attached hydrogens (primary N) is 1. The van der Waals surface area contributed by atoms with E-state index in [1.807, 2.05) is 24.3 Å². The van der Waals surface area contributed by atoms with Crippen molar-refractivity contribution in [3.8, 4) is 28.8 Å². The summed E-state index contributed by atoms with van der Waals surface area (Å²) in [6.07, 6.45) is 4.42. The lowest BCUT2D eigenvalue weighted by molar-refractivity contribution is 0.201. The molecule has 2 N–H and O–H groups in total. The molecule has 0 aliphatic rings. The number of methoxy groups -OCH3 is 1. The van der Waals surface area contributed by atoms with E-state index in [4.69, 9.17) is 19.9 Å². The Labute approximate surface area is 158 Å². The first-order valence-corrected chi connectivity index (χ1v) is 8.44. The van der Waals surface area contributed by atoms with Crippen molar-refractivity contribution in [1.29, 1.82) is 0 Å². The van der Waals surface area contributed by atoms with Gasteiger partial charge in [-0.1, -0.05) is 28.1 Å². The molecule has 0 bridgehead atoms. The summed E-state index contributed by atoms with van der Waals surface area (Å²) in [7, 11) is 1.55. The quantitative estimate of drug-likeness (QED) is 0.584. The van der Waals surface area contributed by atoms with Crippen LogP contribution in [0.4, 0.5) is 5.82 Å². The zero-order valence-corrected chi connectivity index (χ0v) is 15.5. The van der Waals surface area contributed by atoms with Crippen LogP contribution in [-0.2, 0) is 0 Å². The highest BCUT2D eigenvalue weighted by molar-refractivity contribution is 9.10. The van der Waals surface area contributed by atoms with E-state index in [0.717, 1.165) is 10.0 Å². The Kier molecular flexibility index (Phi) is 5.80. The van der Waals surface area contributed by atoms with Gasteiger partial charge in [0.05, 0.1) is 25.1 Å². The topological polar surface area (TPSA) is 105 Å². The average Bonchev–Trinajstić information content (AvgIpc) is 2.67. The fraction of sp³-hybridized carbons (Fsp3) is 0.176. The third-order valence-electron chi connectivity index (χ3n) is 3.37. The van der Waals surface area contributed by atoms with Gasteiger partial charge in [-0.2, -0.15) is 9.97 Å². The molecule has 0 spiro atoms. The Bertz CT molecular complexity index is 859. The van der Waals surface area contributed by atoms with E-state index in [9.17, 15) is 0 Å². The predicted molar refractivity (Wildman–Crippen MR) is 99.2 cm³/mol. The van der Waals surface area contributed by atoms with E-state index in [1.54, 1.807) is 7.11 Å². The maximum Gasteiger partial charge on any atom is 0.316 e. The van der Waals surface area contributed by atoms with Crippen LogP contribution in [0.2, 0.25) is 0 Å². The van der Waals surface area contributed by atoms with Gasteiger partial charge in [-0.25, -0.2) is 9.97 Å². The van der Waals surface area contributed by atoms with Crippen molar-refractivity contribution in [2.24, 2.45) is 0 Å². The predicted octanol–water partition coefficient (Wildman–Crippen LogP) is 2.74. The monoisotopic (exact) mass is 417 g/mol. The average molecular weight is 418 g/mol. The molecule has 26 heavy (non-hydrogen) atoms. The number of nitrogen functional groups attached to an aromatic ring is 1. The van der Waals surface area contributed by atoms with E-state index in [2.05, 4.69) is 35.9 Å². The maximum atomic E-state index is 6.01. The van der Waals surface area contributed by atoms with Gasteiger partial charge < -0.3 is 19.9 Å². The summed E-state index contributed by atoms with van der Waals surface area (Å²) in [5.41, 5.74) is 7.51. The number of hydrogen-bond donors (Lipinski definition) is 1. The van der Waals surface area contributed by atoms with Gasteiger partial charge >= 0.3 is 6.01 Å². The number of hydrogen-bond acceptors (Lipinski definition) is 8. The summed E-state index contributed by atoms with van der Waals surface area (Å²) >= 11 is 3.41. The highest BCUT2D eigenvalue weighted by Gasteiger charge is 2.13. The van der Waals surface area contributed by atoms with Crippen LogP contribution in [0, 0.1) is 0 Å². The SMILES string of the molecule is COc1cnc(OCCOc2ncnc(N)c2-c2ccc(Br)cc2)nc1. The first-order chi connectivity index (χ1) is 12.7. The smallest absolute Gasteiger partial charge is 0.316 e. The van der Waals surface area contributed by atoms with Gasteiger partial charge in [0.15, 0.2) is 5.75 Å². The molecule has 3 aromatic rings. The van der Waals surface area contributed by atoms with Crippen molar-refractivity contribution in [3.63, 3.8) is 0 Å². The summed E-state index contributed by atoms with van der Waals surface area (Å²) in [6.45, 7) is 0.491. The van der Waals surface area contributed by atoms with Gasteiger partial charge in [0.2, 0.25) is 5.88 Å². The van der Waals surface area contributed by atoms with Crippen molar-refractivity contribution in [1.82, 2.24) is 19.9 Å². The van der Waals surface area contributed by atoms with E-state index in [1.165, 1.54) is 18.7 Å². The lowest BCUT2D eigenvalue weighted by Crippen LogP contribution is -2.12. The number of anilines is 1. The van der Waals surface area contributed by atoms with E-state index < -0.39 is 0 Å². The molecule has 2 heterocycles. The third-order valence-corrected chi connectivity index (χ3v) is 3.90. The van der Waals surface area contributed by atoms with Gasteiger partial charge in [-0.05, 0) is 17.7 Å². The largest absolute Gasteiger partial charge is 0.494 e. The fourth-order valence-electron chi connectivity index (χ4n) is 2.14. The number of rotatable bonds is 7. The van der Waals surface area contributed by atoms with Crippen LogP contribution >= 0.6 is 15.9 Å². The van der Waals surface area contributed by atoms with Gasteiger partial charge in [0.25, 0.3) is 0 Å².